The Hall–Kier alpha value is -2.58. The number of para-hydroxylation sites is 2. The molecule has 3 aromatic carbocycles. The molecule has 0 amide bonds. The van der Waals surface area contributed by atoms with Crippen LogP contribution in [-0.4, -0.2) is 50.8 Å². The summed E-state index contributed by atoms with van der Waals surface area (Å²) in [6, 6.07) is 22.8. The molecule has 0 aromatic heterocycles. The summed E-state index contributed by atoms with van der Waals surface area (Å²) in [6.45, 7) is 3.22. The molecule has 1 aliphatic heterocycles. The summed E-state index contributed by atoms with van der Waals surface area (Å²) in [5, 5.41) is 10.3. The van der Waals surface area contributed by atoms with Crippen molar-refractivity contribution in [1.82, 2.24) is 4.90 Å². The van der Waals surface area contributed by atoms with E-state index in [9.17, 15) is 13.5 Å². The van der Waals surface area contributed by atoms with Crippen LogP contribution in [0.2, 0.25) is 5.02 Å². The number of β-amino-alcohol motifs (C(OH)–C–C–N with tert-alkyl or cyclic N) is 1. The Labute approximate surface area is 212 Å². The van der Waals surface area contributed by atoms with Crippen LogP contribution < -0.4 is 9.04 Å². The molecule has 3 aromatic rings. The van der Waals surface area contributed by atoms with E-state index in [0.29, 0.717) is 29.6 Å². The average molecular weight is 515 g/mol. The SMILES string of the molecule is O=S(=O)(c1ccc(Cl)cc1)N(Cc1ccccc1OCCCN1CCCC(O)C1)c1ccccc1. The highest BCUT2D eigenvalue weighted by Crippen LogP contribution is 2.29. The van der Waals surface area contributed by atoms with Gasteiger partial charge in [0.25, 0.3) is 10.0 Å². The molecule has 8 heteroatoms. The van der Waals surface area contributed by atoms with E-state index in [1.807, 2.05) is 42.5 Å². The lowest BCUT2D eigenvalue weighted by atomic mass is 10.1. The number of benzene rings is 3. The summed E-state index contributed by atoms with van der Waals surface area (Å²) >= 11 is 5.99. The topological polar surface area (TPSA) is 70.1 Å². The zero-order valence-corrected chi connectivity index (χ0v) is 21.2. The quantitative estimate of drug-likeness (QED) is 0.387. The lowest BCUT2D eigenvalue weighted by molar-refractivity contribution is 0.0678. The monoisotopic (exact) mass is 514 g/mol. The number of hydrogen-bond donors (Lipinski definition) is 1. The molecule has 0 spiro atoms. The lowest BCUT2D eigenvalue weighted by Crippen LogP contribution is -2.39. The number of hydrogen-bond acceptors (Lipinski definition) is 5. The molecule has 0 radical (unpaired) electrons. The Balaban J connectivity index is 1.50. The van der Waals surface area contributed by atoms with Crippen molar-refractivity contribution in [3.05, 3.63) is 89.4 Å². The molecule has 1 heterocycles. The minimum Gasteiger partial charge on any atom is -0.493 e. The van der Waals surface area contributed by atoms with Gasteiger partial charge in [-0.15, -0.1) is 0 Å². The molecule has 6 nitrogen and oxygen atoms in total. The van der Waals surface area contributed by atoms with Crippen molar-refractivity contribution in [2.75, 3.05) is 30.5 Å². The van der Waals surface area contributed by atoms with Crippen molar-refractivity contribution < 1.29 is 18.3 Å². The fraction of sp³-hybridized carbons (Fsp3) is 0.333. The largest absolute Gasteiger partial charge is 0.493 e. The summed E-state index contributed by atoms with van der Waals surface area (Å²) in [7, 11) is -3.84. The number of rotatable bonds is 10. The highest BCUT2D eigenvalue weighted by atomic mass is 35.5. The molecule has 186 valence electrons. The van der Waals surface area contributed by atoms with Crippen LogP contribution in [0.3, 0.4) is 0 Å². The van der Waals surface area contributed by atoms with Gasteiger partial charge in [-0.3, -0.25) is 4.31 Å². The summed E-state index contributed by atoms with van der Waals surface area (Å²) < 4.78 is 34.8. The van der Waals surface area contributed by atoms with E-state index < -0.39 is 10.0 Å². The second-order valence-electron chi connectivity index (χ2n) is 8.71. The number of aliphatic hydroxyl groups excluding tert-OH is 1. The molecule has 1 unspecified atom stereocenters. The maximum atomic E-state index is 13.6. The predicted molar refractivity (Wildman–Crippen MR) is 139 cm³/mol. The predicted octanol–water partition coefficient (Wildman–Crippen LogP) is 4.96. The second kappa shape index (κ2) is 11.9. The first-order chi connectivity index (χ1) is 16.9. The van der Waals surface area contributed by atoms with Crippen LogP contribution in [0.15, 0.2) is 83.8 Å². The molecule has 35 heavy (non-hydrogen) atoms. The number of halogens is 1. The number of sulfonamides is 1. The van der Waals surface area contributed by atoms with E-state index in [4.69, 9.17) is 16.3 Å². The number of piperidine rings is 1. The van der Waals surface area contributed by atoms with Crippen molar-refractivity contribution in [1.29, 1.82) is 0 Å². The van der Waals surface area contributed by atoms with Gasteiger partial charge in [0.05, 0.1) is 29.8 Å². The standard InChI is InChI=1S/C27H31ClN2O4S/c28-23-13-15-26(16-14-23)35(32,33)30(24-9-2-1-3-10-24)20-22-8-4-5-12-27(22)34-19-7-18-29-17-6-11-25(31)21-29/h1-5,8-10,12-16,25,31H,6-7,11,17-21H2. The molecule has 1 N–H and O–H groups in total. The minimum atomic E-state index is -3.84. The van der Waals surface area contributed by atoms with E-state index in [1.54, 1.807) is 24.3 Å². The van der Waals surface area contributed by atoms with Gasteiger partial charge in [-0.05, 0) is 68.3 Å². The Bertz CT molecular complexity index is 1190. The Morgan fingerprint density at radius 1 is 1.00 bits per heavy atom. The van der Waals surface area contributed by atoms with E-state index in [1.165, 1.54) is 16.4 Å². The second-order valence-corrected chi connectivity index (χ2v) is 11.0. The number of aliphatic hydroxyl groups is 1. The van der Waals surface area contributed by atoms with Crippen LogP contribution in [0.1, 0.15) is 24.8 Å². The maximum absolute atomic E-state index is 13.6. The van der Waals surface area contributed by atoms with Gasteiger partial charge < -0.3 is 14.7 Å². The Morgan fingerprint density at radius 2 is 1.71 bits per heavy atom. The van der Waals surface area contributed by atoms with Gasteiger partial charge >= 0.3 is 0 Å². The number of likely N-dealkylation sites (tertiary alicyclic amines) is 1. The molecule has 0 saturated carbocycles. The molecular weight excluding hydrogens is 484 g/mol. The molecule has 0 bridgehead atoms. The third-order valence-electron chi connectivity index (χ3n) is 6.09. The van der Waals surface area contributed by atoms with Crippen LogP contribution in [0.25, 0.3) is 0 Å². The number of anilines is 1. The van der Waals surface area contributed by atoms with Crippen LogP contribution >= 0.6 is 11.6 Å². The van der Waals surface area contributed by atoms with Crippen molar-refractivity contribution in [3.8, 4) is 5.75 Å². The highest BCUT2D eigenvalue weighted by Gasteiger charge is 2.26. The van der Waals surface area contributed by atoms with E-state index in [0.717, 1.165) is 37.9 Å². The Morgan fingerprint density at radius 3 is 2.46 bits per heavy atom. The van der Waals surface area contributed by atoms with Crippen LogP contribution in [0.4, 0.5) is 5.69 Å². The van der Waals surface area contributed by atoms with Gasteiger partial charge in [-0.2, -0.15) is 0 Å². The van der Waals surface area contributed by atoms with Gasteiger partial charge in [0.15, 0.2) is 0 Å². The van der Waals surface area contributed by atoms with Gasteiger partial charge in [0, 0.05) is 23.7 Å². The summed E-state index contributed by atoms with van der Waals surface area (Å²) in [4.78, 5) is 2.44. The normalized spacial score (nSPS) is 16.7. The summed E-state index contributed by atoms with van der Waals surface area (Å²) in [5.74, 6) is 0.665. The summed E-state index contributed by atoms with van der Waals surface area (Å²) in [5.41, 5.74) is 1.35. The van der Waals surface area contributed by atoms with Crippen molar-refractivity contribution >= 4 is 27.3 Å². The first-order valence-corrected chi connectivity index (χ1v) is 13.7. The zero-order chi connectivity index (χ0) is 24.7. The first kappa shape index (κ1) is 25.5. The van der Waals surface area contributed by atoms with Crippen molar-refractivity contribution in [2.24, 2.45) is 0 Å². The van der Waals surface area contributed by atoms with Crippen LogP contribution in [0.5, 0.6) is 5.75 Å². The minimum absolute atomic E-state index is 0.128. The maximum Gasteiger partial charge on any atom is 0.264 e. The third-order valence-corrected chi connectivity index (χ3v) is 8.13. The van der Waals surface area contributed by atoms with Gasteiger partial charge in [0.1, 0.15) is 5.75 Å². The van der Waals surface area contributed by atoms with Crippen molar-refractivity contribution in [3.63, 3.8) is 0 Å². The number of ether oxygens (including phenoxy) is 1. The van der Waals surface area contributed by atoms with E-state index in [-0.39, 0.29) is 17.5 Å². The molecular formula is C27H31ClN2O4S. The van der Waals surface area contributed by atoms with Crippen molar-refractivity contribution in [2.45, 2.75) is 36.8 Å². The van der Waals surface area contributed by atoms with Crippen LogP contribution in [0, 0.1) is 0 Å². The van der Waals surface area contributed by atoms with E-state index >= 15 is 0 Å². The molecule has 1 atom stereocenters. The van der Waals surface area contributed by atoms with Gasteiger partial charge in [0.2, 0.25) is 0 Å². The zero-order valence-electron chi connectivity index (χ0n) is 19.6. The third kappa shape index (κ3) is 6.76. The average Bonchev–Trinajstić information content (AvgIpc) is 2.86. The molecule has 1 aliphatic rings. The molecule has 1 saturated heterocycles. The lowest BCUT2D eigenvalue weighted by Gasteiger charge is -2.29. The first-order valence-electron chi connectivity index (χ1n) is 11.9. The van der Waals surface area contributed by atoms with Gasteiger partial charge in [-0.1, -0.05) is 48.0 Å². The number of nitrogens with zero attached hydrogens (tertiary/aromatic N) is 2. The Kier molecular flexibility index (Phi) is 8.68. The fourth-order valence-corrected chi connectivity index (χ4v) is 5.85. The summed E-state index contributed by atoms with van der Waals surface area (Å²) in [6.07, 6.45) is 2.48. The van der Waals surface area contributed by atoms with Crippen LogP contribution in [-0.2, 0) is 16.6 Å². The molecule has 1 fully saturated rings. The smallest absolute Gasteiger partial charge is 0.264 e. The molecule has 0 aliphatic carbocycles. The van der Waals surface area contributed by atoms with E-state index in [2.05, 4.69) is 4.90 Å². The highest BCUT2D eigenvalue weighted by molar-refractivity contribution is 7.92. The van der Waals surface area contributed by atoms with Gasteiger partial charge in [-0.25, -0.2) is 8.42 Å². The fourth-order valence-electron chi connectivity index (χ4n) is 4.28. The molecule has 4 rings (SSSR count).